The number of Topliss-reactive ketones (excluding diaryl/α,β-unsaturated/α-hetero) is 1. The summed E-state index contributed by atoms with van der Waals surface area (Å²) < 4.78 is 10.8. The van der Waals surface area contributed by atoms with Crippen molar-refractivity contribution in [1.82, 2.24) is 9.88 Å². The predicted molar refractivity (Wildman–Crippen MR) is 117 cm³/mol. The molecule has 1 saturated heterocycles. The summed E-state index contributed by atoms with van der Waals surface area (Å²) in [5, 5.41) is 11.0. The second-order valence-corrected chi connectivity index (χ2v) is 7.35. The van der Waals surface area contributed by atoms with E-state index in [1.165, 1.54) is 12.0 Å². The van der Waals surface area contributed by atoms with E-state index in [2.05, 4.69) is 11.9 Å². The van der Waals surface area contributed by atoms with Crippen LogP contribution in [-0.2, 0) is 14.3 Å². The number of nitrogens with zero attached hydrogens (tertiary/aromatic N) is 2. The first-order chi connectivity index (χ1) is 15.1. The second-order valence-electron chi connectivity index (χ2n) is 7.35. The Balaban J connectivity index is 1.92. The average Bonchev–Trinajstić information content (AvgIpc) is 3.06. The molecule has 1 aliphatic rings. The summed E-state index contributed by atoms with van der Waals surface area (Å²) in [7, 11) is 1.53. The number of carbonyl (C=O) groups is 2. The molecule has 0 radical (unpaired) electrons. The smallest absolute Gasteiger partial charge is 0.295 e. The number of ether oxygens (including phenoxy) is 2. The molecule has 1 unspecified atom stereocenters. The molecule has 0 saturated carbocycles. The Hall–Kier alpha value is -3.19. The number of methoxy groups -OCH3 is 1. The fraction of sp³-hybridized carbons (Fsp3) is 0.375. The van der Waals surface area contributed by atoms with E-state index in [1.54, 1.807) is 48.8 Å². The summed E-state index contributed by atoms with van der Waals surface area (Å²) in [5.74, 6) is -0.886. The van der Waals surface area contributed by atoms with Crippen LogP contribution in [0.5, 0.6) is 5.75 Å². The zero-order chi connectivity index (χ0) is 22.2. The summed E-state index contributed by atoms with van der Waals surface area (Å²) in [6, 6.07) is 9.65. The van der Waals surface area contributed by atoms with Gasteiger partial charge in [0.25, 0.3) is 11.7 Å². The Morgan fingerprint density at radius 3 is 2.42 bits per heavy atom. The maximum Gasteiger partial charge on any atom is 0.295 e. The van der Waals surface area contributed by atoms with E-state index in [0.717, 1.165) is 19.3 Å². The first-order valence-corrected chi connectivity index (χ1v) is 10.5. The SMILES string of the molecule is CCCCCOc1ccc(/C(O)=C2/C(=O)C(=O)N(CCOC)C2c2ccncc2)cc1. The topological polar surface area (TPSA) is 89.0 Å². The second kappa shape index (κ2) is 10.7. The van der Waals surface area contributed by atoms with Crippen LogP contribution in [-0.4, -0.2) is 53.5 Å². The van der Waals surface area contributed by atoms with E-state index in [1.807, 2.05) is 0 Å². The Morgan fingerprint density at radius 1 is 1.06 bits per heavy atom. The number of carbonyl (C=O) groups excluding carboxylic acids is 2. The molecule has 1 N–H and O–H groups in total. The fourth-order valence-electron chi connectivity index (χ4n) is 3.60. The molecular weight excluding hydrogens is 396 g/mol. The van der Waals surface area contributed by atoms with Gasteiger partial charge in [-0.1, -0.05) is 19.8 Å². The Bertz CT molecular complexity index is 925. The van der Waals surface area contributed by atoms with Gasteiger partial charge in [-0.3, -0.25) is 14.6 Å². The van der Waals surface area contributed by atoms with Crippen LogP contribution < -0.4 is 4.74 Å². The molecule has 1 fully saturated rings. The van der Waals surface area contributed by atoms with Crippen LogP contribution in [0.3, 0.4) is 0 Å². The standard InChI is InChI=1S/C24H28N2O5/c1-3-4-5-15-31-19-8-6-18(7-9-19)22(27)20-21(17-10-12-25-13-11-17)26(14-16-30-2)24(29)23(20)28/h6-13,21,27H,3-5,14-16H2,1-2H3/b22-20-. The molecule has 1 amide bonds. The molecule has 3 rings (SSSR count). The number of hydrogen-bond acceptors (Lipinski definition) is 6. The van der Waals surface area contributed by atoms with Gasteiger partial charge in [0.1, 0.15) is 11.5 Å². The monoisotopic (exact) mass is 424 g/mol. The number of aromatic nitrogens is 1. The van der Waals surface area contributed by atoms with Gasteiger partial charge in [-0.2, -0.15) is 0 Å². The van der Waals surface area contributed by atoms with E-state index in [4.69, 9.17) is 9.47 Å². The number of benzene rings is 1. The maximum atomic E-state index is 12.9. The molecule has 1 aromatic carbocycles. The third kappa shape index (κ3) is 5.11. The van der Waals surface area contributed by atoms with Gasteiger partial charge in [0.2, 0.25) is 0 Å². The van der Waals surface area contributed by atoms with Gasteiger partial charge >= 0.3 is 0 Å². The third-order valence-electron chi connectivity index (χ3n) is 5.24. The van der Waals surface area contributed by atoms with E-state index in [9.17, 15) is 14.7 Å². The largest absolute Gasteiger partial charge is 0.507 e. The first kappa shape index (κ1) is 22.5. The minimum atomic E-state index is -0.713. The molecule has 0 bridgehead atoms. The number of rotatable bonds is 10. The van der Waals surface area contributed by atoms with Gasteiger partial charge in [0.05, 0.1) is 24.8 Å². The van der Waals surface area contributed by atoms with Gasteiger partial charge in [-0.05, 0) is 48.4 Å². The van der Waals surface area contributed by atoms with Crippen LogP contribution >= 0.6 is 0 Å². The van der Waals surface area contributed by atoms with Crippen LogP contribution in [0.15, 0.2) is 54.4 Å². The van der Waals surface area contributed by atoms with Crippen molar-refractivity contribution in [1.29, 1.82) is 0 Å². The summed E-state index contributed by atoms with van der Waals surface area (Å²) in [4.78, 5) is 31.0. The van der Waals surface area contributed by atoms with Gasteiger partial charge in [-0.25, -0.2) is 0 Å². The lowest BCUT2D eigenvalue weighted by atomic mass is 9.96. The molecule has 1 aromatic heterocycles. The van der Waals surface area contributed by atoms with Crippen LogP contribution in [0.1, 0.15) is 43.4 Å². The van der Waals surface area contributed by atoms with Gasteiger partial charge < -0.3 is 19.5 Å². The zero-order valence-electron chi connectivity index (χ0n) is 17.9. The summed E-state index contributed by atoms with van der Waals surface area (Å²) >= 11 is 0. The molecule has 7 heteroatoms. The third-order valence-corrected chi connectivity index (χ3v) is 5.24. The molecule has 1 atom stereocenters. The van der Waals surface area contributed by atoms with E-state index in [-0.39, 0.29) is 24.5 Å². The average molecular weight is 424 g/mol. The zero-order valence-corrected chi connectivity index (χ0v) is 17.9. The highest BCUT2D eigenvalue weighted by molar-refractivity contribution is 6.46. The molecule has 31 heavy (non-hydrogen) atoms. The number of amides is 1. The number of hydrogen-bond donors (Lipinski definition) is 1. The summed E-state index contributed by atoms with van der Waals surface area (Å²) in [5.41, 5.74) is 1.20. The van der Waals surface area contributed by atoms with Crippen molar-refractivity contribution in [3.8, 4) is 5.75 Å². The highest BCUT2D eigenvalue weighted by Crippen LogP contribution is 2.39. The van der Waals surface area contributed by atoms with Crippen LogP contribution in [0.2, 0.25) is 0 Å². The lowest BCUT2D eigenvalue weighted by molar-refractivity contribution is -0.140. The molecule has 2 heterocycles. The van der Waals surface area contributed by atoms with Crippen molar-refractivity contribution in [3.05, 3.63) is 65.5 Å². The van der Waals surface area contributed by atoms with E-state index < -0.39 is 17.7 Å². The van der Waals surface area contributed by atoms with Gasteiger partial charge in [0.15, 0.2) is 0 Å². The minimum Gasteiger partial charge on any atom is -0.507 e. The molecule has 164 valence electrons. The van der Waals surface area contributed by atoms with E-state index >= 15 is 0 Å². The van der Waals surface area contributed by atoms with Crippen LogP contribution in [0.25, 0.3) is 5.76 Å². The lowest BCUT2D eigenvalue weighted by Crippen LogP contribution is -2.32. The summed E-state index contributed by atoms with van der Waals surface area (Å²) in [6.07, 6.45) is 6.40. The van der Waals surface area contributed by atoms with Crippen molar-refractivity contribution in [2.45, 2.75) is 32.2 Å². The van der Waals surface area contributed by atoms with Crippen molar-refractivity contribution in [3.63, 3.8) is 0 Å². The van der Waals surface area contributed by atoms with Gasteiger partial charge in [0, 0.05) is 31.6 Å². The van der Waals surface area contributed by atoms with Gasteiger partial charge in [-0.15, -0.1) is 0 Å². The van der Waals surface area contributed by atoms with Crippen molar-refractivity contribution in [2.75, 3.05) is 26.9 Å². The Labute approximate surface area is 182 Å². The minimum absolute atomic E-state index is 0.0592. The van der Waals surface area contributed by atoms with Crippen LogP contribution in [0.4, 0.5) is 0 Å². The lowest BCUT2D eigenvalue weighted by Gasteiger charge is -2.24. The number of aliphatic hydroxyl groups excluding tert-OH is 1. The van der Waals surface area contributed by atoms with Crippen molar-refractivity contribution < 1.29 is 24.2 Å². The number of aliphatic hydroxyl groups is 1. The summed E-state index contributed by atoms with van der Waals surface area (Å²) in [6.45, 7) is 3.27. The van der Waals surface area contributed by atoms with Crippen molar-refractivity contribution >= 4 is 17.4 Å². The molecule has 1 aliphatic heterocycles. The number of unbranched alkanes of at least 4 members (excludes halogenated alkanes) is 2. The molecular formula is C24H28N2O5. The number of ketones is 1. The first-order valence-electron chi connectivity index (χ1n) is 10.5. The highest BCUT2D eigenvalue weighted by Gasteiger charge is 2.45. The highest BCUT2D eigenvalue weighted by atomic mass is 16.5. The fourth-order valence-corrected chi connectivity index (χ4v) is 3.60. The van der Waals surface area contributed by atoms with Crippen LogP contribution in [0, 0.1) is 0 Å². The quantitative estimate of drug-likeness (QED) is 0.271. The van der Waals surface area contributed by atoms with Crippen molar-refractivity contribution in [2.24, 2.45) is 0 Å². The Morgan fingerprint density at radius 2 is 1.77 bits per heavy atom. The number of pyridine rings is 1. The molecule has 0 aliphatic carbocycles. The normalized spacial score (nSPS) is 17.9. The molecule has 0 spiro atoms. The Kier molecular flexibility index (Phi) is 7.78. The molecule has 7 nitrogen and oxygen atoms in total. The predicted octanol–water partition coefficient (Wildman–Crippen LogP) is 3.72. The molecule has 2 aromatic rings. The maximum absolute atomic E-state index is 12.9. The van der Waals surface area contributed by atoms with E-state index in [0.29, 0.717) is 23.5 Å². The number of likely N-dealkylation sites (tertiary alicyclic amines) is 1.